The van der Waals surface area contributed by atoms with Gasteiger partial charge in [-0.2, -0.15) is 5.10 Å². The molecule has 2 aromatic rings. The summed E-state index contributed by atoms with van der Waals surface area (Å²) in [6.07, 6.45) is 1.61. The van der Waals surface area contributed by atoms with Crippen molar-refractivity contribution in [3.63, 3.8) is 0 Å². The normalized spacial score (nSPS) is 18.9. The Hall–Kier alpha value is -2.35. The second-order valence-corrected chi connectivity index (χ2v) is 8.77. The number of urea groups is 1. The van der Waals surface area contributed by atoms with Crippen LogP contribution in [-0.2, 0) is 15.4 Å². The number of fused-ring (bicyclic) bond motifs is 1. The molecule has 0 fully saturated rings. The van der Waals surface area contributed by atoms with Crippen LogP contribution in [0, 0.1) is 0 Å². The molecule has 2 amide bonds. The SMILES string of the molecule is CC(C)(C)n1nccc1NC(=O)N[C@H]1CS(=O)(=O)c2ccccc21. The van der Waals surface area contributed by atoms with Crippen LogP contribution < -0.4 is 10.6 Å². The van der Waals surface area contributed by atoms with Crippen LogP contribution in [-0.4, -0.2) is 30.0 Å². The second-order valence-electron chi connectivity index (χ2n) is 6.77. The summed E-state index contributed by atoms with van der Waals surface area (Å²) in [6.45, 7) is 5.93. The molecule has 1 aliphatic rings. The van der Waals surface area contributed by atoms with Crippen molar-refractivity contribution < 1.29 is 13.2 Å². The van der Waals surface area contributed by atoms with Crippen molar-refractivity contribution in [3.05, 3.63) is 42.1 Å². The van der Waals surface area contributed by atoms with Gasteiger partial charge in [0.1, 0.15) is 5.82 Å². The average molecular weight is 348 g/mol. The third-order valence-electron chi connectivity index (χ3n) is 3.84. The minimum absolute atomic E-state index is 0.127. The largest absolute Gasteiger partial charge is 0.330 e. The highest BCUT2D eigenvalue weighted by Crippen LogP contribution is 2.33. The number of nitrogens with zero attached hydrogens (tertiary/aromatic N) is 2. The van der Waals surface area contributed by atoms with E-state index in [9.17, 15) is 13.2 Å². The van der Waals surface area contributed by atoms with Gasteiger partial charge in [-0.05, 0) is 32.4 Å². The van der Waals surface area contributed by atoms with Crippen molar-refractivity contribution >= 4 is 21.7 Å². The average Bonchev–Trinajstić information content (AvgIpc) is 3.03. The Kier molecular flexibility index (Phi) is 3.87. The van der Waals surface area contributed by atoms with Crippen LogP contribution in [0.15, 0.2) is 41.4 Å². The zero-order valence-corrected chi connectivity index (χ0v) is 14.6. The number of carbonyl (C=O) groups is 1. The van der Waals surface area contributed by atoms with Gasteiger partial charge in [-0.15, -0.1) is 0 Å². The molecule has 0 saturated heterocycles. The number of benzene rings is 1. The molecule has 0 aliphatic carbocycles. The number of rotatable bonds is 2. The Morgan fingerprint density at radius 3 is 2.67 bits per heavy atom. The molecule has 0 saturated carbocycles. The number of sulfone groups is 1. The third kappa shape index (κ3) is 3.01. The van der Waals surface area contributed by atoms with E-state index in [0.29, 0.717) is 11.4 Å². The fourth-order valence-electron chi connectivity index (χ4n) is 2.81. The predicted molar refractivity (Wildman–Crippen MR) is 90.6 cm³/mol. The molecule has 0 radical (unpaired) electrons. The third-order valence-corrected chi connectivity index (χ3v) is 5.65. The van der Waals surface area contributed by atoms with Gasteiger partial charge in [-0.3, -0.25) is 5.32 Å². The summed E-state index contributed by atoms with van der Waals surface area (Å²) in [6, 6.07) is 7.42. The van der Waals surface area contributed by atoms with Crippen molar-refractivity contribution in [1.29, 1.82) is 0 Å². The zero-order chi connectivity index (χ0) is 17.5. The highest BCUT2D eigenvalue weighted by atomic mass is 32.2. The smallest absolute Gasteiger partial charge is 0.320 e. The molecule has 7 nitrogen and oxygen atoms in total. The number of aromatic nitrogens is 2. The first-order valence-electron chi connectivity index (χ1n) is 7.62. The summed E-state index contributed by atoms with van der Waals surface area (Å²) in [5.74, 6) is 0.423. The van der Waals surface area contributed by atoms with Crippen LogP contribution in [0.3, 0.4) is 0 Å². The van der Waals surface area contributed by atoms with Gasteiger partial charge in [0.15, 0.2) is 9.84 Å². The van der Waals surface area contributed by atoms with E-state index in [1.807, 2.05) is 20.8 Å². The van der Waals surface area contributed by atoms with Crippen molar-refractivity contribution in [2.45, 2.75) is 37.2 Å². The van der Waals surface area contributed by atoms with E-state index in [1.54, 1.807) is 41.2 Å². The van der Waals surface area contributed by atoms with Gasteiger partial charge in [0.2, 0.25) is 0 Å². The van der Waals surface area contributed by atoms with Gasteiger partial charge in [0.25, 0.3) is 0 Å². The van der Waals surface area contributed by atoms with Crippen molar-refractivity contribution in [2.24, 2.45) is 0 Å². The number of hydrogen-bond donors (Lipinski definition) is 2. The zero-order valence-electron chi connectivity index (χ0n) is 13.8. The lowest BCUT2D eigenvalue weighted by Crippen LogP contribution is -2.35. The summed E-state index contributed by atoms with van der Waals surface area (Å²) in [7, 11) is -3.35. The maximum atomic E-state index is 12.3. The molecule has 1 aromatic carbocycles. The van der Waals surface area contributed by atoms with E-state index >= 15 is 0 Å². The first-order valence-corrected chi connectivity index (χ1v) is 9.27. The standard InChI is InChI=1S/C16H20N4O3S/c1-16(2,3)20-14(8-9-17-20)19-15(21)18-12-10-24(22,23)13-7-5-4-6-11(12)13/h4-9,12H,10H2,1-3H3,(H2,18,19,21)/t12-/m0/s1. The van der Waals surface area contributed by atoms with E-state index < -0.39 is 21.9 Å². The Bertz CT molecular complexity index is 881. The summed E-state index contributed by atoms with van der Waals surface area (Å²) >= 11 is 0. The minimum Gasteiger partial charge on any atom is -0.330 e. The first-order chi connectivity index (χ1) is 11.2. The van der Waals surface area contributed by atoms with Crippen LogP contribution in [0.1, 0.15) is 32.4 Å². The van der Waals surface area contributed by atoms with E-state index in [0.717, 1.165) is 0 Å². The van der Waals surface area contributed by atoms with Crippen molar-refractivity contribution in [1.82, 2.24) is 15.1 Å². The molecule has 0 bridgehead atoms. The molecule has 1 aromatic heterocycles. The van der Waals surface area contributed by atoms with Crippen LogP contribution in [0.25, 0.3) is 0 Å². The van der Waals surface area contributed by atoms with Gasteiger partial charge in [0.05, 0.1) is 28.4 Å². The molecule has 0 unspecified atom stereocenters. The highest BCUT2D eigenvalue weighted by molar-refractivity contribution is 7.91. The van der Waals surface area contributed by atoms with Crippen LogP contribution in [0.4, 0.5) is 10.6 Å². The lowest BCUT2D eigenvalue weighted by Gasteiger charge is -2.22. The highest BCUT2D eigenvalue weighted by Gasteiger charge is 2.35. The topological polar surface area (TPSA) is 93.1 Å². The molecule has 2 N–H and O–H groups in total. The van der Waals surface area contributed by atoms with Gasteiger partial charge < -0.3 is 5.32 Å². The van der Waals surface area contributed by atoms with E-state index in [-0.39, 0.29) is 16.2 Å². The van der Waals surface area contributed by atoms with Gasteiger partial charge >= 0.3 is 6.03 Å². The number of carbonyl (C=O) groups excluding carboxylic acids is 1. The Morgan fingerprint density at radius 2 is 1.96 bits per heavy atom. The lowest BCUT2D eigenvalue weighted by molar-refractivity contribution is 0.249. The molecule has 1 aliphatic heterocycles. The maximum Gasteiger partial charge on any atom is 0.320 e. The molecule has 24 heavy (non-hydrogen) atoms. The van der Waals surface area contributed by atoms with E-state index in [4.69, 9.17) is 0 Å². The summed E-state index contributed by atoms with van der Waals surface area (Å²) in [5.41, 5.74) is 0.340. The van der Waals surface area contributed by atoms with Gasteiger partial charge in [-0.25, -0.2) is 17.9 Å². The Balaban J connectivity index is 1.77. The van der Waals surface area contributed by atoms with E-state index in [1.165, 1.54) is 0 Å². The molecular formula is C16H20N4O3S. The number of amides is 2. The number of nitrogens with one attached hydrogen (secondary N) is 2. The fraction of sp³-hybridized carbons (Fsp3) is 0.375. The fourth-order valence-corrected chi connectivity index (χ4v) is 4.55. The molecular weight excluding hydrogens is 328 g/mol. The van der Waals surface area contributed by atoms with Crippen LogP contribution >= 0.6 is 0 Å². The first kappa shape index (κ1) is 16.5. The molecule has 1 atom stereocenters. The van der Waals surface area contributed by atoms with Crippen molar-refractivity contribution in [2.75, 3.05) is 11.1 Å². The molecule has 128 valence electrons. The molecule has 0 spiro atoms. The summed E-state index contributed by atoms with van der Waals surface area (Å²) in [4.78, 5) is 12.6. The van der Waals surface area contributed by atoms with Gasteiger partial charge in [0, 0.05) is 6.07 Å². The molecule has 3 rings (SSSR count). The Morgan fingerprint density at radius 1 is 1.25 bits per heavy atom. The number of hydrogen-bond acceptors (Lipinski definition) is 4. The number of anilines is 1. The summed E-state index contributed by atoms with van der Waals surface area (Å²) < 4.78 is 26.0. The quantitative estimate of drug-likeness (QED) is 0.871. The minimum atomic E-state index is -3.35. The van der Waals surface area contributed by atoms with Crippen LogP contribution in [0.5, 0.6) is 0 Å². The van der Waals surface area contributed by atoms with Crippen molar-refractivity contribution in [3.8, 4) is 0 Å². The Labute approximate surface area is 141 Å². The molecule has 8 heteroatoms. The van der Waals surface area contributed by atoms with Crippen LogP contribution in [0.2, 0.25) is 0 Å². The monoisotopic (exact) mass is 348 g/mol. The predicted octanol–water partition coefficient (Wildman–Crippen LogP) is 2.29. The summed E-state index contributed by atoms with van der Waals surface area (Å²) in [5, 5.41) is 9.68. The van der Waals surface area contributed by atoms with Gasteiger partial charge in [-0.1, -0.05) is 18.2 Å². The second kappa shape index (κ2) is 5.62. The maximum absolute atomic E-state index is 12.3. The lowest BCUT2D eigenvalue weighted by atomic mass is 10.1. The van der Waals surface area contributed by atoms with E-state index in [2.05, 4.69) is 15.7 Å². The molecule has 2 heterocycles.